The molecule has 0 aromatic heterocycles. The molecule has 1 aromatic carbocycles. The van der Waals surface area contributed by atoms with Crippen molar-refractivity contribution in [3.05, 3.63) is 33.3 Å². The van der Waals surface area contributed by atoms with Crippen molar-refractivity contribution in [2.45, 2.75) is 32.1 Å². The molecule has 0 radical (unpaired) electrons. The highest BCUT2D eigenvalue weighted by Gasteiger charge is 2.26. The molecule has 1 heterocycles. The largest absolute Gasteiger partial charge is 0.310 e. The Labute approximate surface area is 124 Å². The van der Waals surface area contributed by atoms with Crippen molar-refractivity contribution >= 4 is 35.0 Å². The first-order valence-corrected chi connectivity index (χ1v) is 8.33. The molecule has 0 saturated heterocycles. The Morgan fingerprint density at radius 2 is 2.17 bits per heavy atom. The fourth-order valence-corrected chi connectivity index (χ4v) is 4.28. The summed E-state index contributed by atoms with van der Waals surface area (Å²) in [5.74, 6) is 2.74. The lowest BCUT2D eigenvalue weighted by atomic mass is 9.92. The molecule has 2 unspecified atom stereocenters. The fraction of sp³-hybridized carbons (Fsp3) is 0.571. The topological polar surface area (TPSA) is 12.0 Å². The van der Waals surface area contributed by atoms with Gasteiger partial charge in [-0.25, -0.2) is 0 Å². The third-order valence-corrected chi connectivity index (χ3v) is 5.15. The predicted molar refractivity (Wildman–Crippen MR) is 82.8 cm³/mol. The summed E-state index contributed by atoms with van der Waals surface area (Å²) in [4.78, 5) is 0. The first kappa shape index (κ1) is 14.5. The maximum Gasteiger partial charge on any atom is 0.0464 e. The Kier molecular flexibility index (Phi) is 5.25. The monoisotopic (exact) mass is 303 g/mol. The predicted octanol–water partition coefficient (Wildman–Crippen LogP) is 4.92. The van der Waals surface area contributed by atoms with Gasteiger partial charge in [0.1, 0.15) is 0 Å². The van der Waals surface area contributed by atoms with Gasteiger partial charge in [-0.15, -0.1) is 0 Å². The molecule has 0 aliphatic carbocycles. The van der Waals surface area contributed by atoms with Gasteiger partial charge in [-0.05, 0) is 47.9 Å². The van der Waals surface area contributed by atoms with Crippen LogP contribution in [0.2, 0.25) is 10.0 Å². The van der Waals surface area contributed by atoms with E-state index < -0.39 is 0 Å². The van der Waals surface area contributed by atoms with E-state index in [0.717, 1.165) is 34.5 Å². The standard InChI is InChI=1S/C14H19Cl2NS/c1-3-4-17-14-9(2)7-18-8-12-11(14)5-10(15)6-13(12)16/h5-6,9,14,17H,3-4,7-8H2,1-2H3. The molecule has 0 bridgehead atoms. The highest BCUT2D eigenvalue weighted by atomic mass is 35.5. The summed E-state index contributed by atoms with van der Waals surface area (Å²) in [5.41, 5.74) is 2.54. The van der Waals surface area contributed by atoms with Crippen molar-refractivity contribution in [3.8, 4) is 0 Å². The van der Waals surface area contributed by atoms with Gasteiger partial charge >= 0.3 is 0 Å². The van der Waals surface area contributed by atoms with Crippen LogP contribution < -0.4 is 5.32 Å². The van der Waals surface area contributed by atoms with Crippen LogP contribution in [0.3, 0.4) is 0 Å². The van der Waals surface area contributed by atoms with E-state index >= 15 is 0 Å². The van der Waals surface area contributed by atoms with Crippen molar-refractivity contribution in [1.29, 1.82) is 0 Å². The van der Waals surface area contributed by atoms with Crippen LogP contribution in [-0.2, 0) is 5.75 Å². The lowest BCUT2D eigenvalue weighted by Crippen LogP contribution is -2.28. The zero-order chi connectivity index (χ0) is 13.1. The summed E-state index contributed by atoms with van der Waals surface area (Å²) < 4.78 is 0. The molecule has 2 rings (SSSR count). The Morgan fingerprint density at radius 3 is 2.89 bits per heavy atom. The fourth-order valence-electron chi connectivity index (χ4n) is 2.41. The lowest BCUT2D eigenvalue weighted by molar-refractivity contribution is 0.419. The van der Waals surface area contributed by atoms with Gasteiger partial charge in [0.15, 0.2) is 0 Å². The van der Waals surface area contributed by atoms with E-state index in [4.69, 9.17) is 23.2 Å². The molecule has 1 aromatic rings. The zero-order valence-corrected chi connectivity index (χ0v) is 13.1. The summed E-state index contributed by atoms with van der Waals surface area (Å²) in [6.07, 6.45) is 1.14. The second-order valence-electron chi connectivity index (χ2n) is 4.88. The smallest absolute Gasteiger partial charge is 0.0464 e. The van der Waals surface area contributed by atoms with Crippen LogP contribution >= 0.6 is 35.0 Å². The molecule has 4 heteroatoms. The molecule has 1 aliphatic heterocycles. The Morgan fingerprint density at radius 1 is 1.39 bits per heavy atom. The lowest BCUT2D eigenvalue weighted by Gasteiger charge is -2.25. The van der Waals surface area contributed by atoms with Crippen molar-refractivity contribution in [1.82, 2.24) is 5.32 Å². The molecule has 2 atom stereocenters. The van der Waals surface area contributed by atoms with E-state index in [1.807, 2.05) is 17.8 Å². The maximum atomic E-state index is 6.34. The van der Waals surface area contributed by atoms with E-state index in [-0.39, 0.29) is 0 Å². The zero-order valence-electron chi connectivity index (χ0n) is 10.8. The molecule has 1 N–H and O–H groups in total. The van der Waals surface area contributed by atoms with E-state index in [1.165, 1.54) is 11.1 Å². The second-order valence-corrected chi connectivity index (χ2v) is 6.75. The van der Waals surface area contributed by atoms with E-state index in [0.29, 0.717) is 12.0 Å². The van der Waals surface area contributed by atoms with Crippen LogP contribution in [0.1, 0.15) is 37.4 Å². The van der Waals surface area contributed by atoms with E-state index in [1.54, 1.807) is 0 Å². The molecule has 18 heavy (non-hydrogen) atoms. The minimum Gasteiger partial charge on any atom is -0.310 e. The Balaban J connectivity index is 2.40. The quantitative estimate of drug-likeness (QED) is 0.851. The average molecular weight is 304 g/mol. The number of hydrogen-bond donors (Lipinski definition) is 1. The molecule has 1 aliphatic rings. The first-order valence-electron chi connectivity index (χ1n) is 6.42. The average Bonchev–Trinajstić information content (AvgIpc) is 2.46. The number of fused-ring (bicyclic) bond motifs is 1. The summed E-state index contributed by atoms with van der Waals surface area (Å²) in [7, 11) is 0. The van der Waals surface area contributed by atoms with Gasteiger partial charge in [0.25, 0.3) is 0 Å². The SMILES string of the molecule is CCCNC1c2cc(Cl)cc(Cl)c2CSCC1C. The van der Waals surface area contributed by atoms with Crippen LogP contribution in [0.25, 0.3) is 0 Å². The minimum absolute atomic E-state index is 0.367. The third kappa shape index (κ3) is 3.16. The van der Waals surface area contributed by atoms with Gasteiger partial charge < -0.3 is 5.32 Å². The van der Waals surface area contributed by atoms with Gasteiger partial charge in [-0.2, -0.15) is 11.8 Å². The number of thioether (sulfide) groups is 1. The molecular weight excluding hydrogens is 285 g/mol. The summed E-state index contributed by atoms with van der Waals surface area (Å²) in [6.45, 7) is 5.52. The van der Waals surface area contributed by atoms with Crippen LogP contribution in [0, 0.1) is 5.92 Å². The summed E-state index contributed by atoms with van der Waals surface area (Å²) in [6, 6.07) is 4.31. The van der Waals surface area contributed by atoms with Crippen LogP contribution in [0.5, 0.6) is 0 Å². The molecule has 1 nitrogen and oxygen atoms in total. The Bertz CT molecular complexity index is 423. The summed E-state index contributed by atoms with van der Waals surface area (Å²) >= 11 is 14.5. The van der Waals surface area contributed by atoms with Gasteiger partial charge in [-0.1, -0.05) is 37.0 Å². The van der Waals surface area contributed by atoms with Crippen LogP contribution in [0.4, 0.5) is 0 Å². The van der Waals surface area contributed by atoms with Gasteiger partial charge in [0, 0.05) is 21.8 Å². The molecule has 0 spiro atoms. The summed E-state index contributed by atoms with van der Waals surface area (Å²) in [5, 5.41) is 5.19. The normalized spacial score (nSPS) is 23.6. The van der Waals surface area contributed by atoms with Gasteiger partial charge in [-0.3, -0.25) is 0 Å². The third-order valence-electron chi connectivity index (χ3n) is 3.34. The molecule has 100 valence electrons. The molecule has 0 fully saturated rings. The maximum absolute atomic E-state index is 6.34. The van der Waals surface area contributed by atoms with Crippen molar-refractivity contribution < 1.29 is 0 Å². The van der Waals surface area contributed by atoms with Crippen molar-refractivity contribution in [2.24, 2.45) is 5.92 Å². The minimum atomic E-state index is 0.367. The van der Waals surface area contributed by atoms with Gasteiger partial charge in [0.2, 0.25) is 0 Å². The van der Waals surface area contributed by atoms with Crippen molar-refractivity contribution in [3.63, 3.8) is 0 Å². The number of benzene rings is 1. The van der Waals surface area contributed by atoms with Gasteiger partial charge in [0.05, 0.1) is 0 Å². The second kappa shape index (κ2) is 6.51. The highest BCUT2D eigenvalue weighted by molar-refractivity contribution is 7.98. The molecular formula is C14H19Cl2NS. The molecule has 0 amide bonds. The van der Waals surface area contributed by atoms with E-state index in [9.17, 15) is 0 Å². The number of hydrogen-bond acceptors (Lipinski definition) is 2. The number of nitrogens with one attached hydrogen (secondary N) is 1. The van der Waals surface area contributed by atoms with Crippen LogP contribution in [-0.4, -0.2) is 12.3 Å². The van der Waals surface area contributed by atoms with E-state index in [2.05, 4.69) is 25.2 Å². The molecule has 0 saturated carbocycles. The van der Waals surface area contributed by atoms with Crippen LogP contribution in [0.15, 0.2) is 12.1 Å². The highest BCUT2D eigenvalue weighted by Crippen LogP contribution is 2.39. The Hall–Kier alpha value is 0.110. The first-order chi connectivity index (χ1) is 8.63. The number of halogens is 2. The van der Waals surface area contributed by atoms with Crippen molar-refractivity contribution in [2.75, 3.05) is 12.3 Å². The number of rotatable bonds is 3.